The highest BCUT2D eigenvalue weighted by atomic mass is 16.1. The van der Waals surface area contributed by atoms with Crippen LogP contribution in [0.5, 0.6) is 0 Å². The summed E-state index contributed by atoms with van der Waals surface area (Å²) in [5, 5.41) is 1.04. The third-order valence-corrected chi connectivity index (χ3v) is 2.94. The van der Waals surface area contributed by atoms with Crippen LogP contribution in [0.2, 0.25) is 0 Å². The largest absolute Gasteiger partial charge is 0.296 e. The fraction of sp³-hybridized carbons (Fsp3) is 0. The van der Waals surface area contributed by atoms with Gasteiger partial charge in [0.1, 0.15) is 5.69 Å². The molecule has 0 bridgehead atoms. The Labute approximate surface area is 105 Å². The van der Waals surface area contributed by atoms with E-state index >= 15 is 0 Å². The SMILES string of the molecule is O=Cc1ccc2ccc(-c3ccccc3)cc2n1. The number of benzene rings is 2. The number of hydrogen-bond donors (Lipinski definition) is 0. The molecule has 2 nitrogen and oxygen atoms in total. The molecule has 1 aromatic heterocycles. The van der Waals surface area contributed by atoms with E-state index in [0.29, 0.717) is 5.69 Å². The van der Waals surface area contributed by atoms with E-state index in [1.165, 1.54) is 0 Å². The molecule has 0 atom stereocenters. The summed E-state index contributed by atoms with van der Waals surface area (Å²) in [5.74, 6) is 0. The van der Waals surface area contributed by atoms with Crippen LogP contribution >= 0.6 is 0 Å². The number of aldehydes is 1. The van der Waals surface area contributed by atoms with Gasteiger partial charge in [-0.05, 0) is 23.3 Å². The van der Waals surface area contributed by atoms with Crippen LogP contribution in [0.4, 0.5) is 0 Å². The molecule has 2 aromatic carbocycles. The Kier molecular flexibility index (Phi) is 2.61. The van der Waals surface area contributed by atoms with E-state index in [-0.39, 0.29) is 0 Å². The topological polar surface area (TPSA) is 30.0 Å². The van der Waals surface area contributed by atoms with Crippen molar-refractivity contribution < 1.29 is 4.79 Å². The summed E-state index contributed by atoms with van der Waals surface area (Å²) in [6.45, 7) is 0. The zero-order chi connectivity index (χ0) is 12.4. The van der Waals surface area contributed by atoms with E-state index < -0.39 is 0 Å². The maximum atomic E-state index is 10.7. The van der Waals surface area contributed by atoms with Crippen molar-refractivity contribution in [1.29, 1.82) is 0 Å². The van der Waals surface area contributed by atoms with Gasteiger partial charge in [0.05, 0.1) is 5.52 Å². The summed E-state index contributed by atoms with van der Waals surface area (Å²) >= 11 is 0. The number of aromatic nitrogens is 1. The molecule has 0 aliphatic rings. The Morgan fingerprint density at radius 2 is 1.61 bits per heavy atom. The molecule has 0 aliphatic heterocycles. The maximum absolute atomic E-state index is 10.7. The molecule has 0 radical (unpaired) electrons. The molecule has 2 heteroatoms. The van der Waals surface area contributed by atoms with Crippen molar-refractivity contribution in [3.05, 3.63) is 66.4 Å². The van der Waals surface area contributed by atoms with Gasteiger partial charge < -0.3 is 0 Å². The van der Waals surface area contributed by atoms with Crippen LogP contribution < -0.4 is 0 Å². The van der Waals surface area contributed by atoms with Gasteiger partial charge in [0.25, 0.3) is 0 Å². The summed E-state index contributed by atoms with van der Waals surface area (Å²) in [7, 11) is 0. The summed E-state index contributed by atoms with van der Waals surface area (Å²) in [6, 6.07) is 19.9. The molecule has 0 aliphatic carbocycles. The first-order chi connectivity index (χ1) is 8.86. The summed E-state index contributed by atoms with van der Waals surface area (Å²) in [5.41, 5.74) is 3.57. The lowest BCUT2D eigenvalue weighted by Crippen LogP contribution is -1.88. The summed E-state index contributed by atoms with van der Waals surface area (Å²) in [6.07, 6.45) is 0.772. The van der Waals surface area contributed by atoms with Crippen molar-refractivity contribution >= 4 is 17.2 Å². The molecular formula is C16H11NO. The quantitative estimate of drug-likeness (QED) is 0.631. The van der Waals surface area contributed by atoms with E-state index in [9.17, 15) is 4.79 Å². The molecule has 18 heavy (non-hydrogen) atoms. The van der Waals surface area contributed by atoms with Gasteiger partial charge in [0, 0.05) is 5.39 Å². The van der Waals surface area contributed by atoms with Crippen molar-refractivity contribution in [3.63, 3.8) is 0 Å². The van der Waals surface area contributed by atoms with Gasteiger partial charge in [-0.2, -0.15) is 0 Å². The highest BCUT2D eigenvalue weighted by molar-refractivity contribution is 5.87. The monoisotopic (exact) mass is 233 g/mol. The van der Waals surface area contributed by atoms with Crippen molar-refractivity contribution in [2.75, 3.05) is 0 Å². The normalized spacial score (nSPS) is 10.4. The zero-order valence-corrected chi connectivity index (χ0v) is 9.71. The molecule has 0 spiro atoms. The number of rotatable bonds is 2. The minimum Gasteiger partial charge on any atom is -0.296 e. The molecule has 0 saturated heterocycles. The Balaban J connectivity index is 2.18. The van der Waals surface area contributed by atoms with Gasteiger partial charge in [0.15, 0.2) is 6.29 Å². The van der Waals surface area contributed by atoms with E-state index in [4.69, 9.17) is 0 Å². The summed E-state index contributed by atoms with van der Waals surface area (Å²) in [4.78, 5) is 15.1. The number of pyridine rings is 1. The van der Waals surface area contributed by atoms with Crippen molar-refractivity contribution in [2.24, 2.45) is 0 Å². The number of hydrogen-bond acceptors (Lipinski definition) is 2. The number of carbonyl (C=O) groups is 1. The Hall–Kier alpha value is -2.48. The van der Waals surface area contributed by atoms with Crippen LogP contribution in [-0.2, 0) is 0 Å². The van der Waals surface area contributed by atoms with Gasteiger partial charge in [-0.15, -0.1) is 0 Å². The maximum Gasteiger partial charge on any atom is 0.168 e. The lowest BCUT2D eigenvalue weighted by Gasteiger charge is -2.03. The predicted molar refractivity (Wildman–Crippen MR) is 72.6 cm³/mol. The third kappa shape index (κ3) is 1.89. The van der Waals surface area contributed by atoms with Crippen LogP contribution in [0.15, 0.2) is 60.7 Å². The van der Waals surface area contributed by atoms with Crippen LogP contribution in [0.25, 0.3) is 22.0 Å². The first-order valence-corrected chi connectivity index (χ1v) is 5.78. The Bertz CT molecular complexity index is 705. The fourth-order valence-corrected chi connectivity index (χ4v) is 2.01. The van der Waals surface area contributed by atoms with E-state index in [2.05, 4.69) is 23.2 Å². The highest BCUT2D eigenvalue weighted by Gasteiger charge is 2.01. The lowest BCUT2D eigenvalue weighted by molar-refractivity contribution is 0.111. The minimum atomic E-state index is 0.465. The average Bonchev–Trinajstić information content (AvgIpc) is 2.47. The summed E-state index contributed by atoms with van der Waals surface area (Å²) < 4.78 is 0. The molecule has 0 amide bonds. The van der Waals surface area contributed by atoms with Crippen molar-refractivity contribution in [2.45, 2.75) is 0 Å². The van der Waals surface area contributed by atoms with Gasteiger partial charge in [-0.3, -0.25) is 4.79 Å². The number of nitrogens with zero attached hydrogens (tertiary/aromatic N) is 1. The van der Waals surface area contributed by atoms with Crippen LogP contribution in [0.1, 0.15) is 10.5 Å². The zero-order valence-electron chi connectivity index (χ0n) is 9.71. The highest BCUT2D eigenvalue weighted by Crippen LogP contribution is 2.23. The molecule has 0 unspecified atom stereocenters. The van der Waals surface area contributed by atoms with Gasteiger partial charge >= 0.3 is 0 Å². The standard InChI is InChI=1S/C16H11NO/c18-11-15-9-8-13-6-7-14(10-16(13)17-15)12-4-2-1-3-5-12/h1-11H. The molecule has 3 aromatic rings. The van der Waals surface area contributed by atoms with Crippen molar-refractivity contribution in [1.82, 2.24) is 4.98 Å². The molecular weight excluding hydrogens is 222 g/mol. The third-order valence-electron chi connectivity index (χ3n) is 2.94. The Morgan fingerprint density at radius 3 is 2.39 bits per heavy atom. The second-order valence-electron chi connectivity index (χ2n) is 4.13. The molecule has 1 heterocycles. The van der Waals surface area contributed by atoms with Gasteiger partial charge in [-0.25, -0.2) is 4.98 Å². The number of carbonyl (C=O) groups excluding carboxylic acids is 1. The first kappa shape index (κ1) is 10.7. The fourth-order valence-electron chi connectivity index (χ4n) is 2.01. The van der Waals surface area contributed by atoms with Gasteiger partial charge in [-0.1, -0.05) is 48.5 Å². The van der Waals surface area contributed by atoms with Gasteiger partial charge in [0.2, 0.25) is 0 Å². The molecule has 0 N–H and O–H groups in total. The molecule has 0 saturated carbocycles. The van der Waals surface area contributed by atoms with Crippen LogP contribution in [0.3, 0.4) is 0 Å². The average molecular weight is 233 g/mol. The lowest BCUT2D eigenvalue weighted by atomic mass is 10.0. The smallest absolute Gasteiger partial charge is 0.168 e. The van der Waals surface area contributed by atoms with Crippen molar-refractivity contribution in [3.8, 4) is 11.1 Å². The van der Waals surface area contributed by atoms with E-state index in [1.54, 1.807) is 6.07 Å². The minimum absolute atomic E-state index is 0.465. The number of fused-ring (bicyclic) bond motifs is 1. The second-order valence-corrected chi connectivity index (χ2v) is 4.13. The van der Waals surface area contributed by atoms with E-state index in [1.807, 2.05) is 36.4 Å². The first-order valence-electron chi connectivity index (χ1n) is 5.78. The second kappa shape index (κ2) is 4.41. The molecule has 0 fully saturated rings. The van der Waals surface area contributed by atoms with E-state index in [0.717, 1.165) is 28.3 Å². The van der Waals surface area contributed by atoms with Crippen LogP contribution in [-0.4, -0.2) is 11.3 Å². The Morgan fingerprint density at radius 1 is 0.833 bits per heavy atom. The predicted octanol–water partition coefficient (Wildman–Crippen LogP) is 3.71. The molecule has 3 rings (SSSR count). The molecule has 86 valence electrons. The van der Waals surface area contributed by atoms with Crippen LogP contribution in [0, 0.1) is 0 Å².